The molecule has 1 aromatic rings. The number of rotatable bonds is 6. The van der Waals surface area contributed by atoms with E-state index in [0.29, 0.717) is 0 Å². The first kappa shape index (κ1) is 20.1. The number of amides is 1. The lowest BCUT2D eigenvalue weighted by atomic mass is 9.92. The Hall–Kier alpha value is -0.970. The lowest BCUT2D eigenvalue weighted by Crippen LogP contribution is -2.29. The Bertz CT molecular complexity index is 523. The molecule has 0 radical (unpaired) electrons. The van der Waals surface area contributed by atoms with Gasteiger partial charge in [0.15, 0.2) is 0 Å². The van der Waals surface area contributed by atoms with E-state index in [0.717, 1.165) is 30.1 Å². The summed E-state index contributed by atoms with van der Waals surface area (Å²) in [4.78, 5) is 12.5. The average molecular weight is 340 g/mol. The largest absolute Gasteiger partial charge is 0.310 e. The molecular formula is C18H33N3OS. The topological polar surface area (TPSA) is 46.9 Å². The second kappa shape index (κ2) is 7.73. The molecule has 0 saturated carbocycles. The zero-order chi connectivity index (χ0) is 17.8. The van der Waals surface area contributed by atoms with E-state index < -0.39 is 0 Å². The molecule has 1 rings (SSSR count). The summed E-state index contributed by atoms with van der Waals surface area (Å²) in [5.41, 5.74) is 0.774. The second-order valence-electron chi connectivity index (χ2n) is 8.10. The molecule has 1 amide bonds. The summed E-state index contributed by atoms with van der Waals surface area (Å²) in [5, 5.41) is 7.76. The smallest absolute Gasteiger partial charge is 0.238 e. The van der Waals surface area contributed by atoms with Gasteiger partial charge in [-0.05, 0) is 39.9 Å². The highest BCUT2D eigenvalue weighted by atomic mass is 32.2. The van der Waals surface area contributed by atoms with Crippen LogP contribution in [-0.2, 0) is 15.7 Å². The first-order valence-corrected chi connectivity index (χ1v) is 9.55. The van der Waals surface area contributed by atoms with Gasteiger partial charge in [-0.2, -0.15) is 5.10 Å². The van der Waals surface area contributed by atoms with Crippen molar-refractivity contribution in [1.29, 1.82) is 0 Å². The van der Waals surface area contributed by atoms with Crippen LogP contribution < -0.4 is 5.32 Å². The van der Waals surface area contributed by atoms with Gasteiger partial charge in [0.1, 0.15) is 5.82 Å². The number of hydrogen-bond acceptors (Lipinski definition) is 3. The molecule has 0 aliphatic heterocycles. The number of unbranched alkanes of at least 4 members (excludes halogenated alkanes) is 1. The highest BCUT2D eigenvalue weighted by Gasteiger charge is 2.26. The van der Waals surface area contributed by atoms with Gasteiger partial charge in [0.25, 0.3) is 0 Å². The van der Waals surface area contributed by atoms with Crippen LogP contribution in [0.15, 0.2) is 6.07 Å². The summed E-state index contributed by atoms with van der Waals surface area (Å²) < 4.78 is 1.93. The van der Waals surface area contributed by atoms with Crippen molar-refractivity contribution in [3.05, 3.63) is 11.8 Å². The minimum Gasteiger partial charge on any atom is -0.310 e. The molecule has 23 heavy (non-hydrogen) atoms. The molecule has 0 fully saturated rings. The van der Waals surface area contributed by atoms with Crippen molar-refractivity contribution in [2.45, 2.75) is 84.4 Å². The first-order chi connectivity index (χ1) is 10.5. The van der Waals surface area contributed by atoms with Gasteiger partial charge >= 0.3 is 0 Å². The van der Waals surface area contributed by atoms with E-state index in [9.17, 15) is 4.79 Å². The summed E-state index contributed by atoms with van der Waals surface area (Å²) in [6.45, 7) is 16.8. The van der Waals surface area contributed by atoms with Gasteiger partial charge in [-0.15, -0.1) is 11.8 Å². The number of nitrogens with one attached hydrogen (secondary N) is 1. The lowest BCUT2D eigenvalue weighted by Gasteiger charge is -2.23. The van der Waals surface area contributed by atoms with Crippen molar-refractivity contribution in [1.82, 2.24) is 9.78 Å². The molecule has 0 bridgehead atoms. The lowest BCUT2D eigenvalue weighted by molar-refractivity contribution is -0.115. The number of hydrogen-bond donors (Lipinski definition) is 1. The van der Waals surface area contributed by atoms with E-state index in [1.54, 1.807) is 11.8 Å². The van der Waals surface area contributed by atoms with Crippen molar-refractivity contribution in [2.75, 3.05) is 11.1 Å². The number of carbonyl (C=O) groups is 1. The molecule has 0 spiro atoms. The minimum absolute atomic E-state index is 0.0442. The molecule has 1 aromatic heterocycles. The van der Waals surface area contributed by atoms with Crippen LogP contribution in [0.25, 0.3) is 0 Å². The van der Waals surface area contributed by atoms with E-state index in [1.807, 2.05) is 17.7 Å². The fraction of sp³-hybridized carbons (Fsp3) is 0.778. The average Bonchev–Trinajstić information content (AvgIpc) is 2.82. The van der Waals surface area contributed by atoms with Gasteiger partial charge in [0.2, 0.25) is 5.91 Å². The van der Waals surface area contributed by atoms with Gasteiger partial charge in [-0.3, -0.25) is 4.79 Å². The van der Waals surface area contributed by atoms with Gasteiger partial charge in [-0.25, -0.2) is 4.68 Å². The van der Waals surface area contributed by atoms with Gasteiger partial charge in [0, 0.05) is 11.5 Å². The zero-order valence-electron chi connectivity index (χ0n) is 16.0. The third kappa shape index (κ3) is 5.87. The predicted molar refractivity (Wildman–Crippen MR) is 101 cm³/mol. The maximum absolute atomic E-state index is 12.5. The molecule has 1 heterocycles. The molecule has 0 aliphatic rings. The van der Waals surface area contributed by atoms with Crippen molar-refractivity contribution in [3.8, 4) is 0 Å². The number of carbonyl (C=O) groups excluding carboxylic acids is 1. The second-order valence-corrected chi connectivity index (χ2v) is 9.55. The quantitative estimate of drug-likeness (QED) is 0.758. The summed E-state index contributed by atoms with van der Waals surface area (Å²) in [5.74, 6) is 1.86. The summed E-state index contributed by atoms with van der Waals surface area (Å²) in [6, 6.07) is 2.01. The SMILES string of the molecule is CCCCSC(C)C(=O)Nc1cc(C(C)(C)C)nn1C(C)(C)C. The van der Waals surface area contributed by atoms with Crippen LogP contribution in [0.1, 0.15) is 73.9 Å². The molecule has 5 heteroatoms. The van der Waals surface area contributed by atoms with Gasteiger partial charge in [0.05, 0.1) is 16.5 Å². The van der Waals surface area contributed by atoms with Crippen LogP contribution >= 0.6 is 11.8 Å². The monoisotopic (exact) mass is 339 g/mol. The van der Waals surface area contributed by atoms with E-state index in [-0.39, 0.29) is 22.1 Å². The number of aromatic nitrogens is 2. The maximum Gasteiger partial charge on any atom is 0.238 e. The molecule has 0 aliphatic carbocycles. The Morgan fingerprint density at radius 2 is 1.91 bits per heavy atom. The van der Waals surface area contributed by atoms with Crippen LogP contribution in [0.3, 0.4) is 0 Å². The number of nitrogens with zero attached hydrogens (tertiary/aromatic N) is 2. The standard InChI is InChI=1S/C18H33N3OS/c1-9-10-11-23-13(2)16(22)19-15-12-14(17(3,4)5)20-21(15)18(6,7)8/h12-13H,9-11H2,1-8H3,(H,19,22). The normalized spacial score (nSPS) is 13.9. The Balaban J connectivity index is 2.94. The third-order valence-corrected chi connectivity index (χ3v) is 4.84. The summed E-state index contributed by atoms with van der Waals surface area (Å²) in [6.07, 6.45) is 2.31. The van der Waals surface area contributed by atoms with Crippen molar-refractivity contribution in [3.63, 3.8) is 0 Å². The Morgan fingerprint density at radius 1 is 1.30 bits per heavy atom. The van der Waals surface area contributed by atoms with E-state index in [1.165, 1.54) is 0 Å². The van der Waals surface area contributed by atoms with E-state index in [4.69, 9.17) is 5.10 Å². The molecule has 0 saturated heterocycles. The molecule has 4 nitrogen and oxygen atoms in total. The van der Waals surface area contributed by atoms with Crippen LogP contribution in [0, 0.1) is 0 Å². The molecule has 1 unspecified atom stereocenters. The summed E-state index contributed by atoms with van der Waals surface area (Å²) >= 11 is 1.71. The van der Waals surface area contributed by atoms with Crippen LogP contribution in [-0.4, -0.2) is 26.7 Å². The highest BCUT2D eigenvalue weighted by molar-refractivity contribution is 8.00. The fourth-order valence-corrected chi connectivity index (χ4v) is 3.08. The molecule has 1 N–H and O–H groups in total. The van der Waals surface area contributed by atoms with E-state index in [2.05, 4.69) is 53.8 Å². The molecule has 1 atom stereocenters. The van der Waals surface area contributed by atoms with Crippen LogP contribution in [0.2, 0.25) is 0 Å². The van der Waals surface area contributed by atoms with Crippen LogP contribution in [0.4, 0.5) is 5.82 Å². The van der Waals surface area contributed by atoms with Crippen molar-refractivity contribution in [2.24, 2.45) is 0 Å². The summed E-state index contributed by atoms with van der Waals surface area (Å²) in [7, 11) is 0. The third-order valence-electron chi connectivity index (χ3n) is 3.60. The number of thioether (sulfide) groups is 1. The van der Waals surface area contributed by atoms with E-state index >= 15 is 0 Å². The molecule has 132 valence electrons. The van der Waals surface area contributed by atoms with Crippen LogP contribution in [0.5, 0.6) is 0 Å². The number of anilines is 1. The molecule has 0 aromatic carbocycles. The van der Waals surface area contributed by atoms with Crippen molar-refractivity contribution < 1.29 is 4.79 Å². The fourth-order valence-electron chi connectivity index (χ4n) is 2.06. The first-order valence-electron chi connectivity index (χ1n) is 8.50. The Labute approximate surface area is 145 Å². The maximum atomic E-state index is 12.5. The van der Waals surface area contributed by atoms with Gasteiger partial charge in [-0.1, -0.05) is 34.1 Å². The minimum atomic E-state index is -0.176. The zero-order valence-corrected chi connectivity index (χ0v) is 16.8. The Morgan fingerprint density at radius 3 is 2.39 bits per heavy atom. The Kier molecular flexibility index (Phi) is 6.75. The van der Waals surface area contributed by atoms with Crippen molar-refractivity contribution >= 4 is 23.5 Å². The highest BCUT2D eigenvalue weighted by Crippen LogP contribution is 2.28. The predicted octanol–water partition coefficient (Wildman–Crippen LogP) is 4.80. The molecular weight excluding hydrogens is 306 g/mol. The van der Waals surface area contributed by atoms with Gasteiger partial charge < -0.3 is 5.32 Å².